The predicted molar refractivity (Wildman–Crippen MR) is 57.5 cm³/mol. The lowest BCUT2D eigenvalue weighted by molar-refractivity contribution is -0.384. The second-order valence-electron chi connectivity index (χ2n) is 3.43. The van der Waals surface area contributed by atoms with Gasteiger partial charge in [-0.05, 0) is 6.07 Å². The van der Waals surface area contributed by atoms with Gasteiger partial charge in [-0.1, -0.05) is 0 Å². The quantitative estimate of drug-likeness (QED) is 0.445. The van der Waals surface area contributed by atoms with E-state index in [4.69, 9.17) is 11.6 Å². The van der Waals surface area contributed by atoms with E-state index in [-0.39, 0.29) is 29.1 Å². The van der Waals surface area contributed by atoms with Crippen LogP contribution in [-0.2, 0) is 4.79 Å². The minimum atomic E-state index is -0.558. The third kappa shape index (κ3) is 1.83. The summed E-state index contributed by atoms with van der Waals surface area (Å²) in [5, 5.41) is 10.5. The first-order chi connectivity index (χ1) is 7.59. The van der Waals surface area contributed by atoms with Gasteiger partial charge in [0, 0.05) is 19.2 Å². The van der Waals surface area contributed by atoms with Crippen LogP contribution in [0.2, 0.25) is 0 Å². The van der Waals surface area contributed by atoms with Crippen LogP contribution in [0.25, 0.3) is 0 Å². The van der Waals surface area contributed by atoms with Crippen molar-refractivity contribution < 1.29 is 9.72 Å². The summed E-state index contributed by atoms with van der Waals surface area (Å²) in [6.45, 7) is 0.297. The molecular weight excluding hydrogens is 234 g/mol. The SMILES string of the molecule is O=C1CC(Cl)CN1c1ccncc1[N+](=O)[O-]. The Morgan fingerprint density at radius 3 is 2.94 bits per heavy atom. The van der Waals surface area contributed by atoms with Crippen molar-refractivity contribution in [2.45, 2.75) is 11.8 Å². The molecule has 0 spiro atoms. The molecule has 2 heterocycles. The van der Waals surface area contributed by atoms with Crippen LogP contribution >= 0.6 is 11.6 Å². The van der Waals surface area contributed by atoms with Crippen LogP contribution < -0.4 is 4.90 Å². The number of pyridine rings is 1. The monoisotopic (exact) mass is 241 g/mol. The highest BCUT2D eigenvalue weighted by Crippen LogP contribution is 2.31. The summed E-state index contributed by atoms with van der Waals surface area (Å²) in [4.78, 5) is 26.8. The van der Waals surface area contributed by atoms with E-state index < -0.39 is 4.92 Å². The third-order valence-electron chi connectivity index (χ3n) is 2.34. The molecule has 0 radical (unpaired) electrons. The number of halogens is 1. The lowest BCUT2D eigenvalue weighted by atomic mass is 10.3. The number of carbonyl (C=O) groups excluding carboxylic acids is 1. The maximum Gasteiger partial charge on any atom is 0.311 e. The predicted octanol–water partition coefficient (Wildman–Crippen LogP) is 1.33. The Bertz CT molecular complexity index is 451. The van der Waals surface area contributed by atoms with E-state index in [1.54, 1.807) is 0 Å². The molecule has 1 saturated heterocycles. The van der Waals surface area contributed by atoms with Crippen LogP contribution in [0.1, 0.15) is 6.42 Å². The molecule has 0 aliphatic carbocycles. The molecular formula is C9H8ClN3O3. The highest BCUT2D eigenvalue weighted by Gasteiger charge is 2.33. The fraction of sp³-hybridized carbons (Fsp3) is 0.333. The normalized spacial score (nSPS) is 20.2. The molecule has 7 heteroatoms. The molecule has 1 amide bonds. The number of anilines is 1. The maximum atomic E-state index is 11.6. The van der Waals surface area contributed by atoms with Gasteiger partial charge in [0.15, 0.2) is 0 Å². The van der Waals surface area contributed by atoms with Crippen molar-refractivity contribution in [3.8, 4) is 0 Å². The van der Waals surface area contributed by atoms with Gasteiger partial charge in [-0.3, -0.25) is 19.9 Å². The Hall–Kier alpha value is -1.69. The molecule has 2 rings (SSSR count). The molecule has 1 aliphatic heterocycles. The van der Waals surface area contributed by atoms with Crippen molar-refractivity contribution in [3.63, 3.8) is 0 Å². The van der Waals surface area contributed by atoms with E-state index >= 15 is 0 Å². The van der Waals surface area contributed by atoms with Gasteiger partial charge in [-0.25, -0.2) is 0 Å². The number of carbonyl (C=O) groups is 1. The molecule has 1 aromatic rings. The minimum absolute atomic E-state index is 0.179. The van der Waals surface area contributed by atoms with Crippen molar-refractivity contribution in [3.05, 3.63) is 28.6 Å². The van der Waals surface area contributed by atoms with Crippen LogP contribution in [0, 0.1) is 10.1 Å². The molecule has 0 N–H and O–H groups in total. The summed E-state index contributed by atoms with van der Waals surface area (Å²) in [6.07, 6.45) is 2.75. The lowest BCUT2D eigenvalue weighted by Crippen LogP contribution is -2.25. The summed E-state index contributed by atoms with van der Waals surface area (Å²) in [7, 11) is 0. The van der Waals surface area contributed by atoms with Gasteiger partial charge in [-0.2, -0.15) is 0 Å². The van der Waals surface area contributed by atoms with Gasteiger partial charge in [0.2, 0.25) is 5.91 Å². The average molecular weight is 242 g/mol. The fourth-order valence-electron chi connectivity index (χ4n) is 1.64. The van der Waals surface area contributed by atoms with Crippen molar-refractivity contribution in [2.75, 3.05) is 11.4 Å². The maximum absolute atomic E-state index is 11.6. The molecule has 1 atom stereocenters. The Kier molecular flexibility index (Phi) is 2.74. The average Bonchev–Trinajstić information content (AvgIpc) is 2.57. The second-order valence-corrected chi connectivity index (χ2v) is 4.04. The van der Waals surface area contributed by atoms with E-state index in [2.05, 4.69) is 4.98 Å². The Morgan fingerprint density at radius 2 is 2.38 bits per heavy atom. The molecule has 84 valence electrons. The fourth-order valence-corrected chi connectivity index (χ4v) is 1.91. The summed E-state index contributed by atoms with van der Waals surface area (Å²) in [5.74, 6) is -0.200. The van der Waals surface area contributed by atoms with E-state index in [1.165, 1.54) is 17.2 Å². The lowest BCUT2D eigenvalue weighted by Gasteiger charge is -2.14. The zero-order valence-electron chi connectivity index (χ0n) is 8.17. The topological polar surface area (TPSA) is 76.3 Å². The number of nitro groups is 1. The van der Waals surface area contributed by atoms with Crippen molar-refractivity contribution in [1.29, 1.82) is 0 Å². The smallest absolute Gasteiger partial charge is 0.305 e. The molecule has 0 bridgehead atoms. The van der Waals surface area contributed by atoms with E-state index in [0.717, 1.165) is 6.20 Å². The summed E-state index contributed by atoms with van der Waals surface area (Å²) < 4.78 is 0. The van der Waals surface area contributed by atoms with Gasteiger partial charge >= 0.3 is 5.69 Å². The third-order valence-corrected chi connectivity index (χ3v) is 2.64. The molecule has 0 saturated carbocycles. The largest absolute Gasteiger partial charge is 0.311 e. The summed E-state index contributed by atoms with van der Waals surface area (Å²) in [5.41, 5.74) is 0.0785. The molecule has 0 aromatic carbocycles. The molecule has 6 nitrogen and oxygen atoms in total. The van der Waals surface area contributed by atoms with Gasteiger partial charge in [0.05, 0.1) is 10.3 Å². The zero-order valence-corrected chi connectivity index (χ0v) is 8.92. The van der Waals surface area contributed by atoms with Crippen LogP contribution in [-0.4, -0.2) is 27.7 Å². The number of alkyl halides is 1. The van der Waals surface area contributed by atoms with Gasteiger partial charge in [0.25, 0.3) is 0 Å². The first kappa shape index (κ1) is 10.8. The summed E-state index contributed by atoms with van der Waals surface area (Å²) in [6, 6.07) is 1.45. The molecule has 1 aromatic heterocycles. The van der Waals surface area contributed by atoms with Gasteiger partial charge < -0.3 is 4.90 Å². The number of hydrogen-bond donors (Lipinski definition) is 0. The Morgan fingerprint density at radius 1 is 1.62 bits per heavy atom. The number of amides is 1. The number of rotatable bonds is 2. The van der Waals surface area contributed by atoms with Gasteiger partial charge in [0.1, 0.15) is 11.9 Å². The van der Waals surface area contributed by atoms with E-state index in [9.17, 15) is 14.9 Å². The van der Waals surface area contributed by atoms with E-state index in [0.29, 0.717) is 6.54 Å². The van der Waals surface area contributed by atoms with Gasteiger partial charge in [-0.15, -0.1) is 11.6 Å². The molecule has 1 fully saturated rings. The Labute approximate surface area is 96.0 Å². The minimum Gasteiger partial charge on any atom is -0.305 e. The van der Waals surface area contributed by atoms with Crippen molar-refractivity contribution in [2.24, 2.45) is 0 Å². The van der Waals surface area contributed by atoms with Crippen molar-refractivity contribution in [1.82, 2.24) is 4.98 Å². The highest BCUT2D eigenvalue weighted by molar-refractivity contribution is 6.24. The molecule has 16 heavy (non-hydrogen) atoms. The Balaban J connectivity index is 2.40. The van der Waals surface area contributed by atoms with Crippen LogP contribution in [0.5, 0.6) is 0 Å². The first-order valence-corrected chi connectivity index (χ1v) is 5.06. The standard InChI is InChI=1S/C9H8ClN3O3/c10-6-3-9(14)12(5-6)7-1-2-11-4-8(7)13(15)16/h1-2,4,6H,3,5H2. The van der Waals surface area contributed by atoms with E-state index in [1.807, 2.05) is 0 Å². The first-order valence-electron chi connectivity index (χ1n) is 4.62. The molecule has 1 aliphatic rings. The molecule has 1 unspecified atom stereocenters. The number of aromatic nitrogens is 1. The van der Waals surface area contributed by atoms with Crippen LogP contribution in [0.4, 0.5) is 11.4 Å². The van der Waals surface area contributed by atoms with Crippen molar-refractivity contribution >= 4 is 28.9 Å². The number of nitrogens with zero attached hydrogens (tertiary/aromatic N) is 3. The highest BCUT2D eigenvalue weighted by atomic mass is 35.5. The van der Waals surface area contributed by atoms with Crippen LogP contribution in [0.15, 0.2) is 18.5 Å². The van der Waals surface area contributed by atoms with Crippen LogP contribution in [0.3, 0.4) is 0 Å². The summed E-state index contributed by atoms with van der Waals surface area (Å²) >= 11 is 5.84. The zero-order chi connectivity index (χ0) is 11.7. The second kappa shape index (κ2) is 4.05. The number of hydrogen-bond acceptors (Lipinski definition) is 4.